The van der Waals surface area contributed by atoms with Crippen molar-refractivity contribution in [2.45, 2.75) is 33.2 Å². The summed E-state index contributed by atoms with van der Waals surface area (Å²) in [5, 5.41) is 3.88. The second-order valence-corrected chi connectivity index (χ2v) is 4.10. The minimum absolute atomic E-state index is 0.346. The van der Waals surface area contributed by atoms with Crippen molar-refractivity contribution in [2.75, 3.05) is 6.61 Å². The summed E-state index contributed by atoms with van der Waals surface area (Å²) < 4.78 is 11.9. The summed E-state index contributed by atoms with van der Waals surface area (Å²) in [6.07, 6.45) is 3.55. The van der Waals surface area contributed by atoms with E-state index in [9.17, 15) is 4.79 Å². The molecule has 6 heteroatoms. The maximum Gasteiger partial charge on any atom is 0.354 e. The van der Waals surface area contributed by atoms with E-state index in [0.717, 1.165) is 12.8 Å². The lowest BCUT2D eigenvalue weighted by molar-refractivity contribution is 0.0514. The van der Waals surface area contributed by atoms with Gasteiger partial charge in [-0.3, -0.25) is 0 Å². The van der Waals surface area contributed by atoms with E-state index in [1.54, 1.807) is 29.8 Å². The molecule has 0 bridgehead atoms. The molecule has 0 aliphatic heterocycles. The quantitative estimate of drug-likeness (QED) is 0.746. The molecule has 0 N–H and O–H groups in total. The van der Waals surface area contributed by atoms with Crippen LogP contribution in [0.15, 0.2) is 22.9 Å². The minimum Gasteiger partial charge on any atom is -0.461 e. The fourth-order valence-electron chi connectivity index (χ4n) is 1.77. The summed E-state index contributed by atoms with van der Waals surface area (Å²) in [6, 6.07) is 3.50. The summed E-state index contributed by atoms with van der Waals surface area (Å²) in [6.45, 7) is 4.56. The Labute approximate surface area is 111 Å². The third-order valence-corrected chi connectivity index (χ3v) is 2.60. The van der Waals surface area contributed by atoms with E-state index in [1.165, 1.54) is 0 Å². The number of aromatic nitrogens is 3. The molecule has 0 aliphatic rings. The second-order valence-electron chi connectivity index (χ2n) is 4.10. The normalized spacial score (nSPS) is 10.6. The van der Waals surface area contributed by atoms with E-state index >= 15 is 0 Å². The number of aryl methyl sites for hydroxylation is 1. The summed E-state index contributed by atoms with van der Waals surface area (Å²) in [5.41, 5.74) is 0.483. The van der Waals surface area contributed by atoms with Crippen LogP contribution in [-0.4, -0.2) is 27.3 Å². The molecule has 0 unspecified atom stereocenters. The van der Waals surface area contributed by atoms with Gasteiger partial charge in [0.25, 0.3) is 0 Å². The first-order chi connectivity index (χ1) is 9.24. The van der Waals surface area contributed by atoms with Gasteiger partial charge in [0.05, 0.1) is 6.61 Å². The number of hydrogen-bond acceptors (Lipinski definition) is 5. The van der Waals surface area contributed by atoms with Gasteiger partial charge in [-0.25, -0.2) is 4.79 Å². The molecule has 2 rings (SSSR count). The van der Waals surface area contributed by atoms with Gasteiger partial charge < -0.3 is 13.8 Å². The third-order valence-electron chi connectivity index (χ3n) is 2.60. The van der Waals surface area contributed by atoms with Crippen LogP contribution in [0.1, 0.15) is 42.5 Å². The summed E-state index contributed by atoms with van der Waals surface area (Å²) >= 11 is 0. The van der Waals surface area contributed by atoms with Gasteiger partial charge in [-0.1, -0.05) is 12.1 Å². The molecule has 19 heavy (non-hydrogen) atoms. The molecule has 102 valence electrons. The van der Waals surface area contributed by atoms with E-state index in [0.29, 0.717) is 30.6 Å². The van der Waals surface area contributed by atoms with Crippen molar-refractivity contribution in [2.24, 2.45) is 0 Å². The predicted molar refractivity (Wildman–Crippen MR) is 67.8 cm³/mol. The molecular formula is C13H17N3O3. The number of rotatable bonds is 6. The summed E-state index contributed by atoms with van der Waals surface area (Å²) in [7, 11) is 0. The highest BCUT2D eigenvalue weighted by molar-refractivity contribution is 5.87. The zero-order valence-corrected chi connectivity index (χ0v) is 11.1. The van der Waals surface area contributed by atoms with Crippen LogP contribution in [0.5, 0.6) is 0 Å². The minimum atomic E-state index is -0.346. The molecular weight excluding hydrogens is 246 g/mol. The number of esters is 1. The average Bonchev–Trinajstić information content (AvgIpc) is 3.00. The smallest absolute Gasteiger partial charge is 0.354 e. The van der Waals surface area contributed by atoms with Crippen molar-refractivity contribution in [1.29, 1.82) is 0 Å². The van der Waals surface area contributed by atoms with E-state index in [2.05, 4.69) is 17.1 Å². The van der Waals surface area contributed by atoms with E-state index in [-0.39, 0.29) is 5.97 Å². The Bertz CT molecular complexity index is 545. The molecule has 2 aromatic rings. The number of nitrogens with zero attached hydrogens (tertiary/aromatic N) is 3. The molecule has 0 fully saturated rings. The highest BCUT2D eigenvalue weighted by Crippen LogP contribution is 2.09. The van der Waals surface area contributed by atoms with E-state index < -0.39 is 0 Å². The Kier molecular flexibility index (Phi) is 4.33. The zero-order chi connectivity index (χ0) is 13.7. The SMILES string of the molecule is CCCc1noc(Cn2cccc2C(=O)OCC)n1. The molecule has 0 amide bonds. The Balaban J connectivity index is 2.10. The molecule has 2 aromatic heterocycles. The molecule has 2 heterocycles. The fourth-order valence-corrected chi connectivity index (χ4v) is 1.77. The number of hydrogen-bond donors (Lipinski definition) is 0. The first-order valence-electron chi connectivity index (χ1n) is 6.38. The van der Waals surface area contributed by atoms with Crippen LogP contribution in [0.4, 0.5) is 0 Å². The van der Waals surface area contributed by atoms with Gasteiger partial charge in [-0.05, 0) is 25.5 Å². The van der Waals surface area contributed by atoms with Crippen molar-refractivity contribution in [3.8, 4) is 0 Å². The second kappa shape index (κ2) is 6.17. The van der Waals surface area contributed by atoms with Crippen LogP contribution in [-0.2, 0) is 17.7 Å². The third kappa shape index (κ3) is 3.21. The maximum absolute atomic E-state index is 11.7. The lowest BCUT2D eigenvalue weighted by atomic mass is 10.3. The fraction of sp³-hybridized carbons (Fsp3) is 0.462. The van der Waals surface area contributed by atoms with Gasteiger partial charge in [0.1, 0.15) is 12.2 Å². The van der Waals surface area contributed by atoms with E-state index in [1.807, 2.05) is 0 Å². The van der Waals surface area contributed by atoms with Crippen LogP contribution in [0.2, 0.25) is 0 Å². The predicted octanol–water partition coefficient (Wildman–Crippen LogP) is 2.05. The zero-order valence-electron chi connectivity index (χ0n) is 11.1. The topological polar surface area (TPSA) is 70.2 Å². The Morgan fingerprint density at radius 2 is 2.32 bits per heavy atom. The summed E-state index contributed by atoms with van der Waals surface area (Å²) in [5.74, 6) is 0.841. The monoisotopic (exact) mass is 263 g/mol. The highest BCUT2D eigenvalue weighted by Gasteiger charge is 2.14. The maximum atomic E-state index is 11.7. The van der Waals surface area contributed by atoms with Crippen LogP contribution in [0.25, 0.3) is 0 Å². The molecule has 0 aliphatic carbocycles. The molecule has 0 aromatic carbocycles. The van der Waals surface area contributed by atoms with Crippen LogP contribution < -0.4 is 0 Å². The Morgan fingerprint density at radius 1 is 1.47 bits per heavy atom. The van der Waals surface area contributed by atoms with Gasteiger partial charge in [-0.15, -0.1) is 0 Å². The van der Waals surface area contributed by atoms with Crippen LogP contribution in [0, 0.1) is 0 Å². The van der Waals surface area contributed by atoms with E-state index in [4.69, 9.17) is 9.26 Å². The first kappa shape index (κ1) is 13.3. The molecule has 0 radical (unpaired) electrons. The standard InChI is InChI=1S/C13H17N3O3/c1-3-6-11-14-12(19-15-11)9-16-8-5-7-10(16)13(17)18-4-2/h5,7-8H,3-4,6,9H2,1-2H3. The molecule has 6 nitrogen and oxygen atoms in total. The molecule has 0 spiro atoms. The molecule has 0 atom stereocenters. The van der Waals surface area contributed by atoms with Crippen molar-refractivity contribution in [3.05, 3.63) is 35.7 Å². The summed E-state index contributed by atoms with van der Waals surface area (Å²) in [4.78, 5) is 16.0. The number of carbonyl (C=O) groups is 1. The average molecular weight is 263 g/mol. The van der Waals surface area contributed by atoms with Gasteiger partial charge in [0.15, 0.2) is 5.82 Å². The van der Waals surface area contributed by atoms with Gasteiger partial charge in [0, 0.05) is 12.6 Å². The number of ether oxygens (including phenoxy) is 1. The molecule has 0 saturated carbocycles. The lowest BCUT2D eigenvalue weighted by Gasteiger charge is -2.05. The van der Waals surface area contributed by atoms with Gasteiger partial charge >= 0.3 is 5.97 Å². The van der Waals surface area contributed by atoms with Crippen molar-refractivity contribution in [3.63, 3.8) is 0 Å². The Hall–Kier alpha value is -2.11. The molecule has 0 saturated heterocycles. The van der Waals surface area contributed by atoms with Crippen LogP contribution in [0.3, 0.4) is 0 Å². The Morgan fingerprint density at radius 3 is 3.05 bits per heavy atom. The van der Waals surface area contributed by atoms with Crippen molar-refractivity contribution >= 4 is 5.97 Å². The lowest BCUT2D eigenvalue weighted by Crippen LogP contribution is -2.12. The number of carbonyl (C=O) groups excluding carboxylic acids is 1. The van der Waals surface area contributed by atoms with Gasteiger partial charge in [0.2, 0.25) is 5.89 Å². The van der Waals surface area contributed by atoms with Crippen LogP contribution >= 0.6 is 0 Å². The van der Waals surface area contributed by atoms with Gasteiger partial charge in [-0.2, -0.15) is 4.98 Å². The largest absolute Gasteiger partial charge is 0.461 e. The highest BCUT2D eigenvalue weighted by atomic mass is 16.5. The van der Waals surface area contributed by atoms with Crippen molar-refractivity contribution in [1.82, 2.24) is 14.7 Å². The first-order valence-corrected chi connectivity index (χ1v) is 6.38. The van der Waals surface area contributed by atoms with Crippen molar-refractivity contribution < 1.29 is 14.1 Å².